The summed E-state index contributed by atoms with van der Waals surface area (Å²) in [5, 5.41) is 15.5. The number of anilines is 1. The number of pyridine rings is 1. The summed E-state index contributed by atoms with van der Waals surface area (Å²) in [5.41, 5.74) is 1.75. The smallest absolute Gasteiger partial charge is 0.235 e. The number of nitrogens with zero attached hydrogens (tertiary/aromatic N) is 4. The van der Waals surface area contributed by atoms with E-state index in [-0.39, 0.29) is 11.7 Å². The first-order valence-corrected chi connectivity index (χ1v) is 10.5. The van der Waals surface area contributed by atoms with Crippen molar-refractivity contribution in [2.45, 2.75) is 5.16 Å². The molecule has 4 rings (SSSR count). The van der Waals surface area contributed by atoms with Crippen LogP contribution in [0.4, 0.5) is 5.00 Å². The third kappa shape index (κ3) is 4.24. The molecule has 6 nitrogen and oxygen atoms in total. The van der Waals surface area contributed by atoms with Crippen molar-refractivity contribution in [3.05, 3.63) is 71.3 Å². The zero-order valence-corrected chi connectivity index (χ0v) is 16.8. The Balaban J connectivity index is 1.62. The number of hydrogen-bond donors (Lipinski definition) is 1. The first-order chi connectivity index (χ1) is 13.7. The van der Waals surface area contributed by atoms with Crippen LogP contribution in [0.15, 0.2) is 71.5 Å². The Hall–Kier alpha value is -2.68. The van der Waals surface area contributed by atoms with E-state index in [0.29, 0.717) is 16.0 Å². The van der Waals surface area contributed by atoms with Gasteiger partial charge < -0.3 is 5.32 Å². The van der Waals surface area contributed by atoms with Gasteiger partial charge in [0.1, 0.15) is 0 Å². The van der Waals surface area contributed by atoms with Gasteiger partial charge in [0.15, 0.2) is 11.0 Å². The second-order valence-corrected chi connectivity index (χ2v) is 7.99. The van der Waals surface area contributed by atoms with Crippen molar-refractivity contribution >= 4 is 45.6 Å². The maximum atomic E-state index is 12.2. The molecule has 0 atom stereocenters. The Morgan fingerprint density at radius 2 is 1.89 bits per heavy atom. The molecule has 9 heteroatoms. The molecule has 28 heavy (non-hydrogen) atoms. The Morgan fingerprint density at radius 3 is 2.61 bits per heavy atom. The third-order valence-corrected chi connectivity index (χ3v) is 5.74. The normalized spacial score (nSPS) is 10.8. The molecule has 1 amide bonds. The maximum absolute atomic E-state index is 12.2. The van der Waals surface area contributed by atoms with Crippen molar-refractivity contribution in [1.29, 1.82) is 0 Å². The number of amides is 1. The molecule has 0 saturated carbocycles. The standard InChI is InChI=1S/C19H14ClN5OS2/c20-14-3-5-15(6-4-14)25-18(13-7-9-21-10-8-13)23-24-19(25)28-12-16(26)22-17-2-1-11-27-17/h1-11H,12H2,(H,22,26). The van der Waals surface area contributed by atoms with E-state index in [1.807, 2.05) is 58.5 Å². The molecule has 0 fully saturated rings. The van der Waals surface area contributed by atoms with Gasteiger partial charge in [-0.15, -0.1) is 21.5 Å². The highest BCUT2D eigenvalue weighted by Gasteiger charge is 2.17. The van der Waals surface area contributed by atoms with Crippen molar-refractivity contribution in [2.24, 2.45) is 0 Å². The van der Waals surface area contributed by atoms with Gasteiger partial charge in [-0.3, -0.25) is 14.3 Å². The summed E-state index contributed by atoms with van der Waals surface area (Å²) in [4.78, 5) is 16.3. The quantitative estimate of drug-likeness (QED) is 0.448. The van der Waals surface area contributed by atoms with Crippen molar-refractivity contribution in [2.75, 3.05) is 11.1 Å². The molecule has 0 aliphatic heterocycles. The summed E-state index contributed by atoms with van der Waals surface area (Å²) < 4.78 is 1.91. The summed E-state index contributed by atoms with van der Waals surface area (Å²) >= 11 is 8.84. The zero-order valence-electron chi connectivity index (χ0n) is 14.4. The van der Waals surface area contributed by atoms with Gasteiger partial charge in [-0.25, -0.2) is 0 Å². The molecular formula is C19H14ClN5OS2. The van der Waals surface area contributed by atoms with E-state index < -0.39 is 0 Å². The van der Waals surface area contributed by atoms with E-state index in [1.165, 1.54) is 23.1 Å². The minimum absolute atomic E-state index is 0.0939. The number of hydrogen-bond acceptors (Lipinski definition) is 6. The van der Waals surface area contributed by atoms with Crippen molar-refractivity contribution < 1.29 is 4.79 Å². The van der Waals surface area contributed by atoms with Crippen LogP contribution in [0.2, 0.25) is 5.02 Å². The number of aromatic nitrogens is 4. The molecule has 0 aliphatic carbocycles. The predicted octanol–water partition coefficient (Wildman–Crippen LogP) is 4.78. The molecule has 0 saturated heterocycles. The average Bonchev–Trinajstić information content (AvgIpc) is 3.37. The summed E-state index contributed by atoms with van der Waals surface area (Å²) in [6, 6.07) is 14.9. The Kier molecular flexibility index (Phi) is 5.70. The van der Waals surface area contributed by atoms with Gasteiger partial charge in [0.25, 0.3) is 0 Å². The lowest BCUT2D eigenvalue weighted by atomic mass is 10.2. The molecule has 3 heterocycles. The van der Waals surface area contributed by atoms with Crippen LogP contribution >= 0.6 is 34.7 Å². The zero-order chi connectivity index (χ0) is 19.3. The number of thiophene rings is 1. The van der Waals surface area contributed by atoms with E-state index in [0.717, 1.165) is 16.3 Å². The number of carbonyl (C=O) groups is 1. The summed E-state index contributed by atoms with van der Waals surface area (Å²) in [5.74, 6) is 0.800. The fourth-order valence-corrected chi connectivity index (χ4v) is 4.04. The molecule has 0 bridgehead atoms. The van der Waals surface area contributed by atoms with Crippen LogP contribution in [0.5, 0.6) is 0 Å². The predicted molar refractivity (Wildman–Crippen MR) is 113 cm³/mol. The van der Waals surface area contributed by atoms with Gasteiger partial charge in [0.2, 0.25) is 5.91 Å². The van der Waals surface area contributed by atoms with Gasteiger partial charge in [0, 0.05) is 28.7 Å². The van der Waals surface area contributed by atoms with E-state index >= 15 is 0 Å². The highest BCUT2D eigenvalue weighted by Crippen LogP contribution is 2.28. The Bertz CT molecular complexity index is 1070. The van der Waals surface area contributed by atoms with Gasteiger partial charge in [-0.1, -0.05) is 23.4 Å². The topological polar surface area (TPSA) is 72.7 Å². The number of rotatable bonds is 6. The van der Waals surface area contributed by atoms with Crippen molar-refractivity contribution in [1.82, 2.24) is 19.7 Å². The van der Waals surface area contributed by atoms with Crippen LogP contribution in [0.1, 0.15) is 0 Å². The number of benzene rings is 1. The van der Waals surface area contributed by atoms with E-state index in [4.69, 9.17) is 11.6 Å². The van der Waals surface area contributed by atoms with Gasteiger partial charge in [-0.05, 0) is 53.9 Å². The number of halogens is 1. The van der Waals surface area contributed by atoms with Crippen LogP contribution < -0.4 is 5.32 Å². The molecule has 0 radical (unpaired) electrons. The molecule has 4 aromatic rings. The Morgan fingerprint density at radius 1 is 1.11 bits per heavy atom. The number of thioether (sulfide) groups is 1. The summed E-state index contributed by atoms with van der Waals surface area (Å²) in [6.07, 6.45) is 3.41. The van der Waals surface area contributed by atoms with Crippen molar-refractivity contribution in [3.63, 3.8) is 0 Å². The van der Waals surface area contributed by atoms with E-state index in [1.54, 1.807) is 12.4 Å². The fraction of sp³-hybridized carbons (Fsp3) is 0.0526. The molecule has 3 aromatic heterocycles. The second-order valence-electron chi connectivity index (χ2n) is 5.67. The fourth-order valence-electron chi connectivity index (χ4n) is 2.53. The molecule has 0 spiro atoms. The van der Waals surface area contributed by atoms with E-state index in [2.05, 4.69) is 20.5 Å². The molecule has 0 unspecified atom stereocenters. The molecule has 140 valence electrons. The number of carbonyl (C=O) groups excluding carboxylic acids is 1. The summed E-state index contributed by atoms with van der Waals surface area (Å²) in [7, 11) is 0. The van der Waals surface area contributed by atoms with Crippen LogP contribution in [0.25, 0.3) is 17.1 Å². The van der Waals surface area contributed by atoms with Gasteiger partial charge in [0.05, 0.1) is 10.8 Å². The first kappa shape index (κ1) is 18.7. The highest BCUT2D eigenvalue weighted by molar-refractivity contribution is 7.99. The van der Waals surface area contributed by atoms with Crippen LogP contribution in [-0.2, 0) is 4.79 Å². The number of nitrogens with one attached hydrogen (secondary N) is 1. The lowest BCUT2D eigenvalue weighted by molar-refractivity contribution is -0.113. The molecular weight excluding hydrogens is 414 g/mol. The highest BCUT2D eigenvalue weighted by atomic mass is 35.5. The van der Waals surface area contributed by atoms with Crippen LogP contribution in [-0.4, -0.2) is 31.4 Å². The lowest BCUT2D eigenvalue weighted by Gasteiger charge is -2.10. The molecule has 1 N–H and O–H groups in total. The minimum Gasteiger partial charge on any atom is -0.317 e. The van der Waals surface area contributed by atoms with Crippen LogP contribution in [0.3, 0.4) is 0 Å². The van der Waals surface area contributed by atoms with Gasteiger partial charge in [-0.2, -0.15) is 0 Å². The second kappa shape index (κ2) is 8.55. The first-order valence-electron chi connectivity index (χ1n) is 8.28. The lowest BCUT2D eigenvalue weighted by Crippen LogP contribution is -2.13. The minimum atomic E-state index is -0.0939. The average molecular weight is 428 g/mol. The van der Waals surface area contributed by atoms with Crippen LogP contribution in [0, 0.1) is 0 Å². The van der Waals surface area contributed by atoms with E-state index in [9.17, 15) is 4.79 Å². The maximum Gasteiger partial charge on any atom is 0.235 e. The largest absolute Gasteiger partial charge is 0.317 e. The van der Waals surface area contributed by atoms with Crippen molar-refractivity contribution in [3.8, 4) is 17.1 Å². The monoisotopic (exact) mass is 427 g/mol. The third-order valence-electron chi connectivity index (χ3n) is 3.77. The Labute approximate surface area is 174 Å². The molecule has 0 aliphatic rings. The SMILES string of the molecule is O=C(CSc1nnc(-c2ccncc2)n1-c1ccc(Cl)cc1)Nc1cccs1. The van der Waals surface area contributed by atoms with Gasteiger partial charge >= 0.3 is 0 Å². The summed E-state index contributed by atoms with van der Waals surface area (Å²) in [6.45, 7) is 0. The molecule has 1 aromatic carbocycles.